The predicted molar refractivity (Wildman–Crippen MR) is 73.8 cm³/mol. The maximum atomic E-state index is 12.1. The lowest BCUT2D eigenvalue weighted by Gasteiger charge is -2.26. The Morgan fingerprint density at radius 3 is 2.79 bits per heavy atom. The minimum atomic E-state index is 0.0784. The molecule has 1 aromatic rings. The van der Waals surface area contributed by atoms with Crippen LogP contribution in [0.4, 0.5) is 0 Å². The fourth-order valence-electron chi connectivity index (χ4n) is 2.60. The maximum absolute atomic E-state index is 12.1. The van der Waals surface area contributed by atoms with Crippen molar-refractivity contribution in [1.29, 1.82) is 0 Å². The molecule has 0 N–H and O–H groups in total. The van der Waals surface area contributed by atoms with Crippen LogP contribution in [0, 0.1) is 5.92 Å². The van der Waals surface area contributed by atoms with Crippen molar-refractivity contribution in [2.45, 2.75) is 53.0 Å². The molecule has 1 aliphatic rings. The lowest BCUT2D eigenvalue weighted by atomic mass is 10.1. The summed E-state index contributed by atoms with van der Waals surface area (Å²) in [7, 11) is 0. The average molecular weight is 264 g/mol. The maximum Gasteiger partial charge on any atom is 0.225 e. The fourth-order valence-corrected chi connectivity index (χ4v) is 2.60. The first-order valence-electron chi connectivity index (χ1n) is 7.33. The van der Waals surface area contributed by atoms with Gasteiger partial charge in [0.1, 0.15) is 0 Å². The Labute approximate surface area is 115 Å². The smallest absolute Gasteiger partial charge is 0.225 e. The van der Waals surface area contributed by atoms with E-state index in [4.69, 9.17) is 0 Å². The van der Waals surface area contributed by atoms with Gasteiger partial charge in [0.25, 0.3) is 0 Å². The van der Waals surface area contributed by atoms with Crippen LogP contribution >= 0.6 is 0 Å². The van der Waals surface area contributed by atoms with Crippen LogP contribution in [0.1, 0.15) is 45.0 Å². The summed E-state index contributed by atoms with van der Waals surface area (Å²) >= 11 is 0. The van der Waals surface area contributed by atoms with Gasteiger partial charge in [0.05, 0.1) is 11.4 Å². The van der Waals surface area contributed by atoms with Gasteiger partial charge in [0, 0.05) is 32.0 Å². The van der Waals surface area contributed by atoms with E-state index in [2.05, 4.69) is 17.2 Å². The van der Waals surface area contributed by atoms with Gasteiger partial charge in [-0.05, 0) is 19.3 Å². The molecular weight excluding hydrogens is 240 g/mol. The molecule has 0 saturated heterocycles. The monoisotopic (exact) mass is 264 g/mol. The number of rotatable bonds is 3. The van der Waals surface area contributed by atoms with Crippen molar-refractivity contribution in [3.05, 3.63) is 11.4 Å². The Bertz CT molecular complexity index is 439. The van der Waals surface area contributed by atoms with Crippen molar-refractivity contribution < 1.29 is 4.79 Å². The Balaban J connectivity index is 2.09. The Morgan fingerprint density at radius 2 is 2.11 bits per heavy atom. The van der Waals surface area contributed by atoms with Gasteiger partial charge in [-0.2, -0.15) is 0 Å². The summed E-state index contributed by atoms with van der Waals surface area (Å²) in [6.07, 6.45) is 3.89. The second-order valence-corrected chi connectivity index (χ2v) is 5.54. The molecular formula is C14H24N4O. The van der Waals surface area contributed by atoms with Gasteiger partial charge in [0.2, 0.25) is 5.91 Å². The SMILES string of the molecule is CCCn1nnc2c1CCCN(C(=O)C(C)C)CC2. The second-order valence-electron chi connectivity index (χ2n) is 5.54. The number of hydrogen-bond donors (Lipinski definition) is 0. The molecule has 19 heavy (non-hydrogen) atoms. The zero-order valence-electron chi connectivity index (χ0n) is 12.2. The van der Waals surface area contributed by atoms with Crippen LogP contribution < -0.4 is 0 Å². The molecule has 0 aromatic carbocycles. The summed E-state index contributed by atoms with van der Waals surface area (Å²) in [4.78, 5) is 14.0. The zero-order chi connectivity index (χ0) is 13.8. The topological polar surface area (TPSA) is 51.0 Å². The van der Waals surface area contributed by atoms with Gasteiger partial charge in [-0.3, -0.25) is 4.79 Å². The van der Waals surface area contributed by atoms with E-state index in [1.165, 1.54) is 5.69 Å². The number of amides is 1. The Morgan fingerprint density at radius 1 is 1.32 bits per heavy atom. The molecule has 2 rings (SSSR count). The first kappa shape index (κ1) is 14.0. The highest BCUT2D eigenvalue weighted by Crippen LogP contribution is 2.15. The minimum absolute atomic E-state index is 0.0784. The molecule has 106 valence electrons. The van der Waals surface area contributed by atoms with Crippen LogP contribution in [0.25, 0.3) is 0 Å². The molecule has 1 aromatic heterocycles. The van der Waals surface area contributed by atoms with Crippen LogP contribution in [0.5, 0.6) is 0 Å². The third-order valence-electron chi connectivity index (χ3n) is 3.62. The largest absolute Gasteiger partial charge is 0.342 e. The van der Waals surface area contributed by atoms with E-state index in [9.17, 15) is 4.79 Å². The minimum Gasteiger partial charge on any atom is -0.342 e. The van der Waals surface area contributed by atoms with E-state index >= 15 is 0 Å². The first-order chi connectivity index (χ1) is 9.13. The third kappa shape index (κ3) is 3.14. The van der Waals surface area contributed by atoms with Crippen molar-refractivity contribution in [2.75, 3.05) is 13.1 Å². The average Bonchev–Trinajstić information content (AvgIpc) is 2.71. The van der Waals surface area contributed by atoms with Crippen LogP contribution in [-0.4, -0.2) is 38.9 Å². The number of hydrogen-bond acceptors (Lipinski definition) is 3. The molecule has 5 heteroatoms. The van der Waals surface area contributed by atoms with Crippen LogP contribution in [0.2, 0.25) is 0 Å². The van der Waals surface area contributed by atoms with Crippen molar-refractivity contribution >= 4 is 5.91 Å². The van der Waals surface area contributed by atoms with Gasteiger partial charge < -0.3 is 4.90 Å². The number of aryl methyl sites for hydroxylation is 1. The molecule has 0 radical (unpaired) electrons. The molecule has 0 aliphatic carbocycles. The van der Waals surface area contributed by atoms with Crippen molar-refractivity contribution in [3.8, 4) is 0 Å². The van der Waals surface area contributed by atoms with Gasteiger partial charge >= 0.3 is 0 Å². The van der Waals surface area contributed by atoms with E-state index < -0.39 is 0 Å². The van der Waals surface area contributed by atoms with Gasteiger partial charge in [-0.25, -0.2) is 4.68 Å². The van der Waals surface area contributed by atoms with Crippen LogP contribution in [0.3, 0.4) is 0 Å². The van der Waals surface area contributed by atoms with Crippen LogP contribution in [0.15, 0.2) is 0 Å². The van der Waals surface area contributed by atoms with Crippen molar-refractivity contribution in [1.82, 2.24) is 19.9 Å². The molecule has 2 heterocycles. The highest BCUT2D eigenvalue weighted by molar-refractivity contribution is 5.78. The number of carbonyl (C=O) groups is 1. The van der Waals surface area contributed by atoms with Gasteiger partial charge in [-0.15, -0.1) is 5.10 Å². The molecule has 1 amide bonds. The summed E-state index contributed by atoms with van der Waals surface area (Å²) in [6, 6.07) is 0. The van der Waals surface area contributed by atoms with E-state index in [0.717, 1.165) is 51.0 Å². The number of nitrogens with zero attached hydrogens (tertiary/aromatic N) is 4. The normalized spacial score (nSPS) is 16.1. The third-order valence-corrected chi connectivity index (χ3v) is 3.62. The van der Waals surface area contributed by atoms with Gasteiger partial charge in [-0.1, -0.05) is 26.0 Å². The number of fused-ring (bicyclic) bond motifs is 1. The van der Waals surface area contributed by atoms with E-state index in [1.807, 2.05) is 23.4 Å². The summed E-state index contributed by atoms with van der Waals surface area (Å²) in [5.41, 5.74) is 2.35. The van der Waals surface area contributed by atoms with Crippen molar-refractivity contribution in [2.24, 2.45) is 5.92 Å². The summed E-state index contributed by atoms with van der Waals surface area (Å²) in [5, 5.41) is 8.53. The molecule has 0 saturated carbocycles. The van der Waals surface area contributed by atoms with E-state index in [0.29, 0.717) is 0 Å². The quantitative estimate of drug-likeness (QED) is 0.834. The lowest BCUT2D eigenvalue weighted by molar-refractivity contribution is -0.134. The Hall–Kier alpha value is -1.39. The number of carbonyl (C=O) groups excluding carboxylic acids is 1. The number of aromatic nitrogens is 3. The van der Waals surface area contributed by atoms with E-state index in [-0.39, 0.29) is 11.8 Å². The van der Waals surface area contributed by atoms with Gasteiger partial charge in [0.15, 0.2) is 0 Å². The molecule has 0 unspecified atom stereocenters. The highest BCUT2D eigenvalue weighted by Gasteiger charge is 2.21. The zero-order valence-corrected chi connectivity index (χ0v) is 12.2. The first-order valence-corrected chi connectivity index (χ1v) is 7.33. The molecule has 5 nitrogen and oxygen atoms in total. The summed E-state index contributed by atoms with van der Waals surface area (Å²) in [6.45, 7) is 8.65. The fraction of sp³-hybridized carbons (Fsp3) is 0.786. The lowest BCUT2D eigenvalue weighted by Crippen LogP contribution is -2.38. The Kier molecular flexibility index (Phi) is 4.56. The summed E-state index contributed by atoms with van der Waals surface area (Å²) < 4.78 is 2.04. The predicted octanol–water partition coefficient (Wildman–Crippen LogP) is 1.66. The molecule has 0 atom stereocenters. The standard InChI is InChI=1S/C14H24N4O/c1-4-8-18-13-6-5-9-17(14(19)11(2)3)10-7-12(13)15-16-18/h11H,4-10H2,1-3H3. The highest BCUT2D eigenvalue weighted by atomic mass is 16.2. The van der Waals surface area contributed by atoms with Crippen LogP contribution in [-0.2, 0) is 24.2 Å². The molecule has 0 spiro atoms. The molecule has 0 bridgehead atoms. The molecule has 0 fully saturated rings. The second kappa shape index (κ2) is 6.17. The summed E-state index contributed by atoms with van der Waals surface area (Å²) in [5.74, 6) is 0.332. The molecule has 1 aliphatic heterocycles. The van der Waals surface area contributed by atoms with E-state index in [1.54, 1.807) is 0 Å². The van der Waals surface area contributed by atoms with Crippen molar-refractivity contribution in [3.63, 3.8) is 0 Å².